The van der Waals surface area contributed by atoms with Gasteiger partial charge in [-0.15, -0.1) is 11.8 Å². The van der Waals surface area contributed by atoms with E-state index in [0.29, 0.717) is 0 Å². The van der Waals surface area contributed by atoms with Gasteiger partial charge in [0.2, 0.25) is 0 Å². The van der Waals surface area contributed by atoms with Crippen LogP contribution in [0.1, 0.15) is 24.5 Å². The van der Waals surface area contributed by atoms with Gasteiger partial charge in [0.05, 0.1) is 0 Å². The van der Waals surface area contributed by atoms with Gasteiger partial charge >= 0.3 is 0 Å². The Labute approximate surface area is 110 Å². The summed E-state index contributed by atoms with van der Waals surface area (Å²) in [5, 5.41) is 11.3. The highest BCUT2D eigenvalue weighted by Gasteiger charge is 2.26. The first-order chi connectivity index (χ1) is 8.27. The number of aliphatic hydroxyl groups is 1. The summed E-state index contributed by atoms with van der Waals surface area (Å²) < 4.78 is 0. The van der Waals surface area contributed by atoms with Crippen LogP contribution in [0, 0.1) is 0 Å². The minimum atomic E-state index is -0.487. The molecule has 17 heavy (non-hydrogen) atoms. The molecule has 3 rings (SSSR count). The van der Waals surface area contributed by atoms with Crippen LogP contribution in [-0.2, 0) is 0 Å². The van der Waals surface area contributed by atoms with Crippen LogP contribution in [0.5, 0.6) is 0 Å². The Kier molecular flexibility index (Phi) is 3.03. The highest BCUT2D eigenvalue weighted by atomic mass is 35.5. The summed E-state index contributed by atoms with van der Waals surface area (Å²) in [5.41, 5.74) is 3.26. The molecule has 1 aromatic rings. The molecule has 1 atom stereocenters. The number of aliphatic hydroxyl groups excluding tert-OH is 1. The molecule has 1 aliphatic carbocycles. The predicted octanol–water partition coefficient (Wildman–Crippen LogP) is 4.04. The third-order valence-corrected chi connectivity index (χ3v) is 4.83. The lowest BCUT2D eigenvalue weighted by Gasteiger charge is -2.20. The highest BCUT2D eigenvalue weighted by Crippen LogP contribution is 2.43. The zero-order chi connectivity index (χ0) is 11.8. The molecule has 3 heteroatoms. The van der Waals surface area contributed by atoms with E-state index in [9.17, 15) is 5.11 Å². The molecular weight excluding hydrogens is 252 g/mol. The molecule has 1 N–H and O–H groups in total. The van der Waals surface area contributed by atoms with Gasteiger partial charge in [-0.2, -0.15) is 0 Å². The molecule has 88 valence electrons. The molecule has 1 aromatic carbocycles. The van der Waals surface area contributed by atoms with E-state index in [1.807, 2.05) is 18.2 Å². The third-order valence-electron chi connectivity index (χ3n) is 3.33. The minimum Gasteiger partial charge on any atom is -0.384 e. The molecular formula is C14H13ClOS. The van der Waals surface area contributed by atoms with Gasteiger partial charge in [0, 0.05) is 15.7 Å². The van der Waals surface area contributed by atoms with Crippen LogP contribution in [0.4, 0.5) is 0 Å². The quantitative estimate of drug-likeness (QED) is 0.763. The molecule has 2 aliphatic rings. The summed E-state index contributed by atoms with van der Waals surface area (Å²) >= 11 is 8.01. The molecule has 1 nitrogen and oxygen atoms in total. The number of allylic oxidation sites excluding steroid dienone is 2. The average Bonchev–Trinajstić information content (AvgIpc) is 2.50. The summed E-state index contributed by atoms with van der Waals surface area (Å²) in [6, 6.07) is 8.07. The number of halogens is 1. The second-order valence-corrected chi connectivity index (χ2v) is 5.75. The van der Waals surface area contributed by atoms with Crippen molar-refractivity contribution in [3.8, 4) is 0 Å². The number of benzene rings is 1. The molecule has 1 unspecified atom stereocenters. The third kappa shape index (κ3) is 1.95. The van der Waals surface area contributed by atoms with E-state index in [2.05, 4.69) is 12.1 Å². The van der Waals surface area contributed by atoms with Gasteiger partial charge < -0.3 is 5.11 Å². The average molecular weight is 265 g/mol. The Bertz CT molecular complexity index is 519. The van der Waals surface area contributed by atoms with Crippen LogP contribution in [0.3, 0.4) is 0 Å². The molecule has 0 radical (unpaired) electrons. The lowest BCUT2D eigenvalue weighted by atomic mass is 9.90. The van der Waals surface area contributed by atoms with Gasteiger partial charge in [-0.25, -0.2) is 0 Å². The van der Waals surface area contributed by atoms with Gasteiger partial charge in [0.25, 0.3) is 0 Å². The molecule has 0 fully saturated rings. The second kappa shape index (κ2) is 4.52. The van der Waals surface area contributed by atoms with Gasteiger partial charge in [-0.05, 0) is 35.6 Å². The van der Waals surface area contributed by atoms with E-state index < -0.39 is 6.10 Å². The molecule has 0 amide bonds. The van der Waals surface area contributed by atoms with Crippen LogP contribution in [0.15, 0.2) is 51.4 Å². The van der Waals surface area contributed by atoms with Crippen LogP contribution in [0.2, 0.25) is 0 Å². The number of fused-ring (bicyclic) bond motifs is 1. The predicted molar refractivity (Wildman–Crippen MR) is 72.3 cm³/mol. The Hall–Kier alpha value is -0.700. The molecule has 0 saturated heterocycles. The first-order valence-electron chi connectivity index (χ1n) is 5.75. The van der Waals surface area contributed by atoms with Crippen molar-refractivity contribution in [2.24, 2.45) is 0 Å². The van der Waals surface area contributed by atoms with Crippen molar-refractivity contribution < 1.29 is 5.11 Å². The van der Waals surface area contributed by atoms with Crippen molar-refractivity contribution in [2.45, 2.75) is 23.8 Å². The van der Waals surface area contributed by atoms with Crippen molar-refractivity contribution >= 4 is 23.4 Å². The lowest BCUT2D eigenvalue weighted by Crippen LogP contribution is -2.07. The Morgan fingerprint density at radius 3 is 3.00 bits per heavy atom. The SMILES string of the molecule is OC1C2=C(CSc3ccccc31)C(Cl)=CCC2. The topological polar surface area (TPSA) is 20.2 Å². The van der Waals surface area contributed by atoms with Gasteiger partial charge in [0.15, 0.2) is 0 Å². The van der Waals surface area contributed by atoms with E-state index in [0.717, 1.165) is 40.3 Å². The number of thioether (sulfide) groups is 1. The maximum absolute atomic E-state index is 10.5. The summed E-state index contributed by atoms with van der Waals surface area (Å²) in [5.74, 6) is 0.860. The van der Waals surface area contributed by atoms with Crippen molar-refractivity contribution in [1.29, 1.82) is 0 Å². The van der Waals surface area contributed by atoms with Crippen molar-refractivity contribution in [3.63, 3.8) is 0 Å². The smallest absolute Gasteiger partial charge is 0.102 e. The Morgan fingerprint density at radius 1 is 1.29 bits per heavy atom. The monoisotopic (exact) mass is 264 g/mol. The zero-order valence-electron chi connectivity index (χ0n) is 9.32. The zero-order valence-corrected chi connectivity index (χ0v) is 10.9. The van der Waals surface area contributed by atoms with E-state index in [1.54, 1.807) is 11.8 Å². The number of rotatable bonds is 0. The van der Waals surface area contributed by atoms with Gasteiger partial charge in [-0.1, -0.05) is 35.9 Å². The van der Waals surface area contributed by atoms with E-state index >= 15 is 0 Å². The summed E-state index contributed by atoms with van der Waals surface area (Å²) in [7, 11) is 0. The van der Waals surface area contributed by atoms with Crippen molar-refractivity contribution in [2.75, 3.05) is 5.75 Å². The van der Waals surface area contributed by atoms with E-state index in [1.165, 1.54) is 4.90 Å². The fourth-order valence-electron chi connectivity index (χ4n) is 2.42. The molecule has 1 aliphatic heterocycles. The molecule has 0 saturated carbocycles. The van der Waals surface area contributed by atoms with Crippen LogP contribution in [-0.4, -0.2) is 10.9 Å². The summed E-state index contributed by atoms with van der Waals surface area (Å²) in [4.78, 5) is 1.17. The standard InChI is InChI=1S/C14H13ClOS/c15-12-6-3-5-9-11(12)8-17-13-7-2-1-4-10(13)14(9)16/h1-2,4,6-7,14,16H,3,5,8H2. The number of hydrogen-bond donors (Lipinski definition) is 1. The molecule has 0 bridgehead atoms. The summed E-state index contributed by atoms with van der Waals surface area (Å²) in [6.45, 7) is 0. The maximum Gasteiger partial charge on any atom is 0.102 e. The normalized spacial score (nSPS) is 23.6. The fraction of sp³-hybridized carbons (Fsp3) is 0.286. The summed E-state index contributed by atoms with van der Waals surface area (Å²) in [6.07, 6.45) is 3.42. The molecule has 0 spiro atoms. The number of hydrogen-bond acceptors (Lipinski definition) is 2. The Balaban J connectivity index is 2.10. The minimum absolute atomic E-state index is 0.487. The van der Waals surface area contributed by atoms with E-state index in [4.69, 9.17) is 11.6 Å². The van der Waals surface area contributed by atoms with E-state index in [-0.39, 0.29) is 0 Å². The van der Waals surface area contributed by atoms with Gasteiger partial charge in [-0.3, -0.25) is 0 Å². The van der Waals surface area contributed by atoms with Crippen molar-refractivity contribution in [3.05, 3.63) is 52.1 Å². The van der Waals surface area contributed by atoms with Gasteiger partial charge in [0.1, 0.15) is 6.10 Å². The largest absolute Gasteiger partial charge is 0.384 e. The highest BCUT2D eigenvalue weighted by molar-refractivity contribution is 7.99. The molecule has 1 heterocycles. The van der Waals surface area contributed by atoms with Crippen LogP contribution < -0.4 is 0 Å². The van der Waals surface area contributed by atoms with Crippen LogP contribution in [0.25, 0.3) is 0 Å². The Morgan fingerprint density at radius 2 is 2.12 bits per heavy atom. The second-order valence-electron chi connectivity index (χ2n) is 4.32. The first-order valence-corrected chi connectivity index (χ1v) is 7.11. The fourth-order valence-corrected chi connectivity index (χ4v) is 3.96. The van der Waals surface area contributed by atoms with Crippen molar-refractivity contribution in [1.82, 2.24) is 0 Å². The maximum atomic E-state index is 10.5. The first kappa shape index (κ1) is 11.4. The lowest BCUT2D eigenvalue weighted by molar-refractivity contribution is 0.207. The van der Waals surface area contributed by atoms with Crippen LogP contribution >= 0.6 is 23.4 Å². The molecule has 0 aromatic heterocycles.